The van der Waals surface area contributed by atoms with Crippen LogP contribution in [-0.4, -0.2) is 131 Å². The third kappa shape index (κ3) is 9.54. The van der Waals surface area contributed by atoms with Crippen molar-refractivity contribution in [3.8, 4) is 0 Å². The molecule has 2 aromatic carbocycles. The summed E-state index contributed by atoms with van der Waals surface area (Å²) >= 11 is 0. The standard InChI is InChI=1S/C40H49F2N7O9/c1-21-7-9-28(10-8-21)44-40(56)45-29(17-25-15-26(41)18-27(42)16-25)34(50)46-33-24(4)58-39(55)31-14-22(2)19-49(31)36(52)23(3)43-35(51)32-20-57-13-12-48(32)37(53)30-6-5-11-47(30)38(33)54/h7-10,15-16,18,22-24,29-33H,5-6,11-14,17,19-20H2,1-4H3,(H,43,51)(H,46,50)(H2,44,45,56)/t22-,23+,24+,29+,30?,31?,32?,33+/m1/s1. The second-order valence-electron chi connectivity index (χ2n) is 15.5. The summed E-state index contributed by atoms with van der Waals surface area (Å²) in [5.41, 5.74) is 1.33. The topological polar surface area (TPSA) is 196 Å². The van der Waals surface area contributed by atoms with Crippen LogP contribution in [-0.2, 0) is 44.7 Å². The zero-order chi connectivity index (χ0) is 41.8. The lowest BCUT2D eigenvalue weighted by Gasteiger charge is -2.39. The van der Waals surface area contributed by atoms with Crippen LogP contribution in [0.3, 0.4) is 0 Å². The van der Waals surface area contributed by atoms with E-state index in [9.17, 15) is 42.3 Å². The van der Waals surface area contributed by atoms with Crippen molar-refractivity contribution in [3.63, 3.8) is 0 Å². The summed E-state index contributed by atoms with van der Waals surface area (Å²) in [5, 5.41) is 10.4. The Balaban J connectivity index is 1.34. The van der Waals surface area contributed by atoms with Gasteiger partial charge >= 0.3 is 12.0 Å². The number of cyclic esters (lactones) is 1. The normalized spacial score (nSPS) is 27.5. The van der Waals surface area contributed by atoms with Crippen LogP contribution >= 0.6 is 0 Å². The number of ether oxygens (including phenoxy) is 2. The molecule has 8 atom stereocenters. The maximum Gasteiger partial charge on any atom is 0.329 e. The summed E-state index contributed by atoms with van der Waals surface area (Å²) in [6.45, 7) is 6.86. The van der Waals surface area contributed by atoms with E-state index in [1.807, 2.05) is 13.8 Å². The van der Waals surface area contributed by atoms with E-state index in [2.05, 4.69) is 21.3 Å². The predicted molar refractivity (Wildman–Crippen MR) is 203 cm³/mol. The molecule has 6 rings (SSSR count). The molecule has 4 N–H and O–H groups in total. The van der Waals surface area contributed by atoms with E-state index in [1.54, 1.807) is 24.3 Å². The van der Waals surface area contributed by atoms with Gasteiger partial charge in [-0.25, -0.2) is 18.4 Å². The van der Waals surface area contributed by atoms with Crippen LogP contribution in [0.4, 0.5) is 19.3 Å². The highest BCUT2D eigenvalue weighted by atomic mass is 19.1. The number of esters is 1. The number of morpholine rings is 1. The monoisotopic (exact) mass is 809 g/mol. The van der Waals surface area contributed by atoms with Crippen molar-refractivity contribution in [3.05, 3.63) is 65.2 Å². The van der Waals surface area contributed by atoms with Crippen molar-refractivity contribution in [1.82, 2.24) is 30.7 Å². The van der Waals surface area contributed by atoms with E-state index in [-0.39, 0.29) is 57.2 Å². The molecule has 312 valence electrons. The number of carbonyl (C=O) groups excluding carboxylic acids is 7. The van der Waals surface area contributed by atoms with Crippen LogP contribution in [0.15, 0.2) is 42.5 Å². The molecule has 0 aliphatic carbocycles. The molecule has 0 aromatic heterocycles. The van der Waals surface area contributed by atoms with Crippen LogP contribution in [0.2, 0.25) is 0 Å². The van der Waals surface area contributed by atoms with Gasteiger partial charge in [0.1, 0.15) is 54.0 Å². The Labute approximate surface area is 334 Å². The number of fused-ring (bicyclic) bond motifs is 3. The predicted octanol–water partition coefficient (Wildman–Crippen LogP) is 1.40. The summed E-state index contributed by atoms with van der Waals surface area (Å²) < 4.78 is 40.1. The number of hydrogen-bond donors (Lipinski definition) is 4. The Morgan fingerprint density at radius 3 is 2.28 bits per heavy atom. The highest BCUT2D eigenvalue weighted by Gasteiger charge is 2.47. The summed E-state index contributed by atoms with van der Waals surface area (Å²) in [4.78, 5) is 102. The summed E-state index contributed by atoms with van der Waals surface area (Å²) in [6, 6.07) is 1.10. The third-order valence-corrected chi connectivity index (χ3v) is 11.0. The van der Waals surface area contributed by atoms with Gasteiger partial charge in [-0.2, -0.15) is 0 Å². The lowest BCUT2D eigenvalue weighted by atomic mass is 10.0. The van der Waals surface area contributed by atoms with Crippen LogP contribution in [0.25, 0.3) is 0 Å². The fourth-order valence-corrected chi connectivity index (χ4v) is 7.97. The van der Waals surface area contributed by atoms with Gasteiger partial charge in [-0.15, -0.1) is 0 Å². The first kappa shape index (κ1) is 42.0. The maximum absolute atomic E-state index is 14.7. The van der Waals surface area contributed by atoms with E-state index in [0.29, 0.717) is 18.2 Å². The van der Waals surface area contributed by atoms with Crippen LogP contribution in [0, 0.1) is 24.5 Å². The summed E-state index contributed by atoms with van der Waals surface area (Å²) in [5.74, 6) is -6.30. The van der Waals surface area contributed by atoms with Gasteiger partial charge in [0, 0.05) is 37.8 Å². The molecule has 4 aliphatic heterocycles. The van der Waals surface area contributed by atoms with Gasteiger partial charge in [-0.05, 0) is 75.8 Å². The van der Waals surface area contributed by atoms with Gasteiger partial charge < -0.3 is 45.4 Å². The smallest absolute Gasteiger partial charge is 0.329 e. The highest BCUT2D eigenvalue weighted by molar-refractivity contribution is 5.99. The van der Waals surface area contributed by atoms with Crippen molar-refractivity contribution in [1.29, 1.82) is 0 Å². The van der Waals surface area contributed by atoms with Gasteiger partial charge in [-0.3, -0.25) is 24.0 Å². The Bertz CT molecular complexity index is 1910. The number of aryl methyl sites for hydroxylation is 1. The lowest BCUT2D eigenvalue weighted by Crippen LogP contribution is -2.64. The molecule has 16 nitrogen and oxygen atoms in total. The number of urea groups is 1. The van der Waals surface area contributed by atoms with Crippen LogP contribution in [0.1, 0.15) is 51.2 Å². The number of hydrogen-bond acceptors (Lipinski definition) is 9. The summed E-state index contributed by atoms with van der Waals surface area (Å²) in [6.07, 6.45) is -0.959. The lowest BCUT2D eigenvalue weighted by molar-refractivity contribution is -0.164. The van der Waals surface area contributed by atoms with Crippen molar-refractivity contribution >= 4 is 47.2 Å². The molecule has 58 heavy (non-hydrogen) atoms. The molecule has 2 aromatic rings. The number of nitrogens with zero attached hydrogens (tertiary/aromatic N) is 3. The molecule has 0 bridgehead atoms. The zero-order valence-corrected chi connectivity index (χ0v) is 32.8. The fraction of sp³-hybridized carbons (Fsp3) is 0.525. The van der Waals surface area contributed by atoms with Crippen LogP contribution < -0.4 is 21.3 Å². The minimum atomic E-state index is -1.64. The Morgan fingerprint density at radius 1 is 0.879 bits per heavy atom. The van der Waals surface area contributed by atoms with E-state index < -0.39 is 102 Å². The van der Waals surface area contributed by atoms with Gasteiger partial charge in [-0.1, -0.05) is 24.6 Å². The minimum absolute atomic E-state index is 0.0146. The number of carbonyl (C=O) groups is 7. The molecule has 0 radical (unpaired) electrons. The largest absolute Gasteiger partial charge is 0.458 e. The van der Waals surface area contributed by atoms with Crippen molar-refractivity contribution in [2.75, 3.05) is 38.2 Å². The van der Waals surface area contributed by atoms with Crippen molar-refractivity contribution < 1.29 is 51.8 Å². The number of benzene rings is 2. The first-order chi connectivity index (χ1) is 27.6. The second kappa shape index (κ2) is 17.9. The molecule has 4 fully saturated rings. The number of halogens is 2. The van der Waals surface area contributed by atoms with Gasteiger partial charge in [0.05, 0.1) is 13.2 Å². The minimum Gasteiger partial charge on any atom is -0.458 e. The molecule has 4 saturated heterocycles. The molecule has 0 spiro atoms. The average Bonchev–Trinajstić information content (AvgIpc) is 3.83. The van der Waals surface area contributed by atoms with E-state index in [0.717, 1.165) is 17.7 Å². The molecule has 0 saturated carbocycles. The number of rotatable bonds is 6. The van der Waals surface area contributed by atoms with E-state index in [1.165, 1.54) is 28.5 Å². The fourth-order valence-electron chi connectivity index (χ4n) is 7.97. The Kier molecular flexibility index (Phi) is 12.9. The molecule has 4 heterocycles. The van der Waals surface area contributed by atoms with Gasteiger partial charge in [0.25, 0.3) is 0 Å². The zero-order valence-electron chi connectivity index (χ0n) is 32.8. The Hall–Kier alpha value is -5.65. The van der Waals surface area contributed by atoms with E-state index >= 15 is 0 Å². The van der Waals surface area contributed by atoms with Crippen LogP contribution in [0.5, 0.6) is 0 Å². The van der Waals surface area contributed by atoms with E-state index in [4.69, 9.17) is 9.47 Å². The van der Waals surface area contributed by atoms with Gasteiger partial charge in [0.15, 0.2) is 0 Å². The molecule has 3 unspecified atom stereocenters. The number of amides is 7. The highest BCUT2D eigenvalue weighted by Crippen LogP contribution is 2.28. The quantitative estimate of drug-likeness (QED) is 0.312. The Morgan fingerprint density at radius 2 is 1.57 bits per heavy atom. The first-order valence-electron chi connectivity index (χ1n) is 19.5. The van der Waals surface area contributed by atoms with Crippen molar-refractivity contribution in [2.24, 2.45) is 5.92 Å². The van der Waals surface area contributed by atoms with Gasteiger partial charge in [0.2, 0.25) is 29.5 Å². The molecular formula is C40H49F2N7O9. The third-order valence-electron chi connectivity index (χ3n) is 11.0. The van der Waals surface area contributed by atoms with Crippen molar-refractivity contribution in [2.45, 2.75) is 95.7 Å². The maximum atomic E-state index is 14.7. The number of anilines is 1. The second-order valence-corrected chi connectivity index (χ2v) is 15.5. The average molecular weight is 810 g/mol. The molecule has 7 amide bonds. The number of nitrogens with one attached hydrogen (secondary N) is 4. The SMILES string of the molecule is Cc1ccc(NC(=O)N[C@@H](Cc2cc(F)cc(F)c2)C(=O)N[C@@H]2C(=O)N3CCCC3C(=O)N3CCOCC3C(=O)N[C@@H](C)C(=O)N3C[C@H](C)CC3C(=O)O[C@H]2C)cc1. The molecule has 18 heteroatoms. The summed E-state index contributed by atoms with van der Waals surface area (Å²) in [7, 11) is 0. The molecule has 4 aliphatic rings. The molecular weight excluding hydrogens is 760 g/mol. The first-order valence-corrected chi connectivity index (χ1v) is 19.5.